The molecule has 0 fully saturated rings. The number of fused-ring (bicyclic) bond motifs is 2. The molecule has 0 bridgehead atoms. The van der Waals surface area contributed by atoms with Crippen molar-refractivity contribution in [2.45, 2.75) is 16.7 Å². The first kappa shape index (κ1) is 29.4. The zero-order valence-electron chi connectivity index (χ0n) is 22.2. The van der Waals surface area contributed by atoms with E-state index in [1.165, 1.54) is 49.4 Å². The monoisotopic (exact) mass is 618 g/mol. The summed E-state index contributed by atoms with van der Waals surface area (Å²) < 4.78 is 66.0. The molecule has 0 spiro atoms. The maximum Gasteiger partial charge on any atom is 0.294 e. The number of nitrogens with one attached hydrogen (secondary N) is 1. The van der Waals surface area contributed by atoms with Crippen LogP contribution < -0.4 is 11.1 Å². The van der Waals surface area contributed by atoms with Gasteiger partial charge in [-0.3, -0.25) is 13.9 Å². The molecule has 1 amide bonds. The molecule has 0 aliphatic rings. The second kappa shape index (κ2) is 11.3. The van der Waals surface area contributed by atoms with Gasteiger partial charge >= 0.3 is 0 Å². The van der Waals surface area contributed by atoms with Crippen molar-refractivity contribution in [2.24, 2.45) is 20.5 Å². The van der Waals surface area contributed by atoms with E-state index in [1.54, 1.807) is 42.5 Å². The molecule has 0 atom stereocenters. The molecule has 5 aromatic carbocycles. The molecule has 5 rings (SSSR count). The maximum absolute atomic E-state index is 11.9. The molecule has 0 unspecified atom stereocenters. The minimum atomic E-state index is -4.55. The minimum absolute atomic E-state index is 0.210. The van der Waals surface area contributed by atoms with Gasteiger partial charge in [0, 0.05) is 39.8 Å². The summed E-state index contributed by atoms with van der Waals surface area (Å²) in [6, 6.07) is 20.7. The third-order valence-electron chi connectivity index (χ3n) is 6.26. The number of amides is 1. The molecule has 218 valence electrons. The van der Waals surface area contributed by atoms with Crippen molar-refractivity contribution >= 4 is 81.8 Å². The number of carbonyl (C=O) groups excluding carboxylic acids is 1. The minimum Gasteiger partial charge on any atom is -0.398 e. The second-order valence-corrected chi connectivity index (χ2v) is 12.1. The van der Waals surface area contributed by atoms with Gasteiger partial charge in [-0.2, -0.15) is 21.9 Å². The van der Waals surface area contributed by atoms with Crippen LogP contribution in [0.5, 0.6) is 0 Å². The number of hydrogen-bond acceptors (Lipinski definition) is 10. The number of anilines is 2. The molecule has 13 nitrogen and oxygen atoms in total. The topological polar surface area (TPSA) is 213 Å². The largest absolute Gasteiger partial charge is 0.398 e. The second-order valence-electron chi connectivity index (χ2n) is 9.27. The van der Waals surface area contributed by atoms with E-state index in [2.05, 4.69) is 25.8 Å². The van der Waals surface area contributed by atoms with Crippen molar-refractivity contribution in [1.29, 1.82) is 0 Å². The Kier molecular flexibility index (Phi) is 7.72. The Morgan fingerprint density at radius 2 is 1.09 bits per heavy atom. The highest BCUT2D eigenvalue weighted by Gasteiger charge is 2.15. The number of benzene rings is 5. The maximum atomic E-state index is 11.9. The van der Waals surface area contributed by atoms with Gasteiger partial charge in [0.05, 0.1) is 32.5 Å². The fourth-order valence-electron chi connectivity index (χ4n) is 4.25. The summed E-state index contributed by atoms with van der Waals surface area (Å²) in [4.78, 5) is 10.5. The van der Waals surface area contributed by atoms with Crippen molar-refractivity contribution in [3.63, 3.8) is 0 Å². The van der Waals surface area contributed by atoms with E-state index in [1.807, 2.05) is 0 Å². The zero-order chi connectivity index (χ0) is 30.9. The summed E-state index contributed by atoms with van der Waals surface area (Å²) in [5, 5.41) is 21.3. The van der Waals surface area contributed by atoms with E-state index in [0.29, 0.717) is 44.3 Å². The van der Waals surface area contributed by atoms with Crippen molar-refractivity contribution in [3.05, 3.63) is 84.9 Å². The first-order valence-electron chi connectivity index (χ1n) is 12.3. The molecular weight excluding hydrogens is 596 g/mol. The first-order chi connectivity index (χ1) is 20.3. The van der Waals surface area contributed by atoms with Crippen LogP contribution >= 0.6 is 0 Å². The van der Waals surface area contributed by atoms with Crippen LogP contribution in [0, 0.1) is 0 Å². The highest BCUT2D eigenvalue weighted by Crippen LogP contribution is 2.38. The van der Waals surface area contributed by atoms with Crippen molar-refractivity contribution in [2.75, 3.05) is 11.1 Å². The molecule has 15 heteroatoms. The van der Waals surface area contributed by atoms with E-state index in [0.717, 1.165) is 0 Å². The van der Waals surface area contributed by atoms with Gasteiger partial charge in [-0.15, -0.1) is 15.3 Å². The van der Waals surface area contributed by atoms with Crippen LogP contribution in [0.3, 0.4) is 0 Å². The van der Waals surface area contributed by atoms with Gasteiger partial charge in [0.15, 0.2) is 0 Å². The molecule has 0 saturated carbocycles. The Balaban J connectivity index is 1.57. The van der Waals surface area contributed by atoms with Gasteiger partial charge in [-0.25, -0.2) is 0 Å². The number of nitrogen functional groups attached to an aromatic ring is 1. The molecule has 0 radical (unpaired) electrons. The zero-order valence-corrected chi connectivity index (χ0v) is 23.8. The van der Waals surface area contributed by atoms with Gasteiger partial charge in [-0.05, 0) is 72.8 Å². The van der Waals surface area contributed by atoms with Crippen LogP contribution in [0.2, 0.25) is 0 Å². The van der Waals surface area contributed by atoms with E-state index < -0.39 is 20.2 Å². The summed E-state index contributed by atoms with van der Waals surface area (Å²) in [5.41, 5.74) is 8.29. The number of nitrogens with two attached hydrogens (primary N) is 1. The average molecular weight is 619 g/mol. The molecule has 0 aliphatic carbocycles. The lowest BCUT2D eigenvalue weighted by Gasteiger charge is -2.08. The Morgan fingerprint density at radius 3 is 1.63 bits per heavy atom. The summed E-state index contributed by atoms with van der Waals surface area (Å²) in [6.45, 7) is 1.40. The highest BCUT2D eigenvalue weighted by atomic mass is 32.2. The number of azo groups is 2. The smallest absolute Gasteiger partial charge is 0.294 e. The van der Waals surface area contributed by atoms with Crippen molar-refractivity contribution in [1.82, 2.24) is 0 Å². The predicted octanol–water partition coefficient (Wildman–Crippen LogP) is 6.86. The van der Waals surface area contributed by atoms with Crippen molar-refractivity contribution < 1.29 is 30.7 Å². The fourth-order valence-corrected chi connectivity index (χ4v) is 5.26. The summed E-state index contributed by atoms with van der Waals surface area (Å²) in [7, 11) is -9.01. The van der Waals surface area contributed by atoms with Crippen LogP contribution in [0.25, 0.3) is 21.5 Å². The lowest BCUT2D eigenvalue weighted by Crippen LogP contribution is -2.04. The quantitative estimate of drug-likeness (QED) is 0.0856. The van der Waals surface area contributed by atoms with Crippen LogP contribution in [0.15, 0.2) is 115 Å². The predicted molar refractivity (Wildman–Crippen MR) is 161 cm³/mol. The van der Waals surface area contributed by atoms with Gasteiger partial charge in [-0.1, -0.05) is 12.1 Å². The average Bonchev–Trinajstić information content (AvgIpc) is 2.95. The SMILES string of the molecule is CC(=O)Nc1ccc(N=Nc2ccc(N=Nc3ccc(N)c4cc(S(=O)(=O)O)ccc34)c3cc(S(=O)(=O)O)ccc23)cc1. The number of rotatable bonds is 7. The van der Waals surface area contributed by atoms with Crippen molar-refractivity contribution in [3.8, 4) is 0 Å². The molecule has 5 aromatic rings. The van der Waals surface area contributed by atoms with E-state index >= 15 is 0 Å². The first-order valence-corrected chi connectivity index (χ1v) is 15.2. The third-order valence-corrected chi connectivity index (χ3v) is 7.96. The standard InChI is InChI=1S/C28H22N6O7S2/c1-16(35)30-17-2-4-18(5-3-17)31-32-27-12-13-28(24-15-20(43(39,40)41)7-9-22(24)27)34-33-26-11-10-25(29)23-14-19(42(36,37)38)6-8-21(23)26/h2-15H,29H2,1H3,(H,30,35)(H,36,37,38)(H,39,40,41). The number of nitrogens with zero attached hydrogens (tertiary/aromatic N) is 4. The molecule has 0 saturated heterocycles. The lowest BCUT2D eigenvalue weighted by molar-refractivity contribution is -0.114. The van der Waals surface area contributed by atoms with Gasteiger partial charge in [0.2, 0.25) is 5.91 Å². The number of carbonyl (C=O) groups is 1. The van der Waals surface area contributed by atoms with Crippen LogP contribution in [0.1, 0.15) is 6.92 Å². The van der Waals surface area contributed by atoms with Crippen LogP contribution in [-0.4, -0.2) is 31.8 Å². The summed E-state index contributed by atoms with van der Waals surface area (Å²) in [6.07, 6.45) is 0. The summed E-state index contributed by atoms with van der Waals surface area (Å²) >= 11 is 0. The Bertz CT molecular complexity index is 2200. The van der Waals surface area contributed by atoms with E-state index in [-0.39, 0.29) is 27.1 Å². The van der Waals surface area contributed by atoms with Crippen LogP contribution in [-0.2, 0) is 25.0 Å². The molecule has 0 aliphatic heterocycles. The number of hydrogen-bond donors (Lipinski definition) is 4. The molecular formula is C28H22N6O7S2. The van der Waals surface area contributed by atoms with Gasteiger partial charge < -0.3 is 11.1 Å². The highest BCUT2D eigenvalue weighted by molar-refractivity contribution is 7.86. The van der Waals surface area contributed by atoms with Gasteiger partial charge in [0.25, 0.3) is 20.2 Å². The summed E-state index contributed by atoms with van der Waals surface area (Å²) in [5.74, 6) is -0.210. The Morgan fingerprint density at radius 1 is 0.628 bits per heavy atom. The Hall–Kier alpha value is -5.09. The third kappa shape index (κ3) is 6.54. The molecule has 43 heavy (non-hydrogen) atoms. The normalized spacial score (nSPS) is 12.4. The van der Waals surface area contributed by atoms with E-state index in [9.17, 15) is 30.7 Å². The van der Waals surface area contributed by atoms with E-state index in [4.69, 9.17) is 5.73 Å². The fraction of sp³-hybridized carbons (Fsp3) is 0.0357. The Labute approximate surface area is 245 Å². The molecule has 0 aromatic heterocycles. The van der Waals surface area contributed by atoms with Gasteiger partial charge in [0.1, 0.15) is 0 Å². The lowest BCUT2D eigenvalue weighted by atomic mass is 10.1. The van der Waals surface area contributed by atoms with Crippen LogP contribution in [0.4, 0.5) is 34.1 Å². The molecule has 0 heterocycles. The molecule has 5 N–H and O–H groups in total.